The Bertz CT molecular complexity index is 413. The Hall–Kier alpha value is 0.440. The SMILES string of the molecule is Br.CCCCCCCCCCCCCC(N)(CCCCCCCCCCCC)CCCCCCCCCCCC. The van der Waals surface area contributed by atoms with Crippen LogP contribution in [0.15, 0.2) is 0 Å². The lowest BCUT2D eigenvalue weighted by Gasteiger charge is -2.30. The van der Waals surface area contributed by atoms with Crippen molar-refractivity contribution in [3.8, 4) is 0 Å². The minimum Gasteiger partial charge on any atom is -0.325 e. The van der Waals surface area contributed by atoms with E-state index >= 15 is 0 Å². The largest absolute Gasteiger partial charge is 0.325 e. The van der Waals surface area contributed by atoms with E-state index in [0.717, 1.165) is 0 Å². The van der Waals surface area contributed by atoms with Gasteiger partial charge < -0.3 is 5.73 Å². The average Bonchev–Trinajstić information content (AvgIpc) is 2.94. The second-order valence-electron chi connectivity index (χ2n) is 13.5. The monoisotopic (exact) mass is 630 g/mol. The van der Waals surface area contributed by atoms with Crippen molar-refractivity contribution in [2.24, 2.45) is 5.73 Å². The number of unbranched alkanes of at least 4 members (excludes halogenated alkanes) is 28. The number of hydrogen-bond donors (Lipinski definition) is 1. The molecule has 2 N–H and O–H groups in total. The van der Waals surface area contributed by atoms with Crippen molar-refractivity contribution in [2.75, 3.05) is 0 Å². The maximum Gasteiger partial charge on any atom is 0.0154 e. The summed E-state index contributed by atoms with van der Waals surface area (Å²) in [6.07, 6.45) is 48.1. The maximum atomic E-state index is 7.14. The van der Waals surface area contributed by atoms with Crippen LogP contribution in [0.25, 0.3) is 0 Å². The highest BCUT2D eigenvalue weighted by molar-refractivity contribution is 8.93. The van der Waals surface area contributed by atoms with Crippen molar-refractivity contribution < 1.29 is 0 Å². The van der Waals surface area contributed by atoms with E-state index in [2.05, 4.69) is 20.8 Å². The van der Waals surface area contributed by atoms with E-state index in [1.54, 1.807) is 0 Å². The number of hydrogen-bond acceptors (Lipinski definition) is 1. The van der Waals surface area contributed by atoms with Gasteiger partial charge >= 0.3 is 0 Å². The van der Waals surface area contributed by atoms with Gasteiger partial charge in [0.1, 0.15) is 0 Å². The molecule has 0 aromatic heterocycles. The van der Waals surface area contributed by atoms with Gasteiger partial charge in [0.25, 0.3) is 0 Å². The molecule has 244 valence electrons. The van der Waals surface area contributed by atoms with Crippen molar-refractivity contribution in [1.29, 1.82) is 0 Å². The fourth-order valence-corrected chi connectivity index (χ4v) is 6.45. The minimum atomic E-state index is 0. The molecule has 0 aromatic carbocycles. The lowest BCUT2D eigenvalue weighted by atomic mass is 9.82. The second kappa shape index (κ2) is 35.6. The summed E-state index contributed by atoms with van der Waals surface area (Å²) in [5, 5.41) is 0. The summed E-state index contributed by atoms with van der Waals surface area (Å²) in [6, 6.07) is 0. The minimum absolute atomic E-state index is 0. The molecule has 0 amide bonds. The van der Waals surface area contributed by atoms with Gasteiger partial charge in [0, 0.05) is 5.54 Å². The van der Waals surface area contributed by atoms with Gasteiger partial charge in [0.2, 0.25) is 0 Å². The molecule has 0 aliphatic rings. The third kappa shape index (κ3) is 32.9. The van der Waals surface area contributed by atoms with Crippen molar-refractivity contribution >= 4 is 17.0 Å². The normalized spacial score (nSPS) is 11.7. The van der Waals surface area contributed by atoms with Gasteiger partial charge in [-0.3, -0.25) is 0 Å². The average molecular weight is 631 g/mol. The first kappa shape index (κ1) is 42.6. The molecule has 0 aliphatic heterocycles. The van der Waals surface area contributed by atoms with Crippen LogP contribution in [0.4, 0.5) is 0 Å². The number of nitrogens with two attached hydrogens (primary N) is 1. The van der Waals surface area contributed by atoms with Crippen LogP contribution in [0, 0.1) is 0 Å². The Kier molecular flexibility index (Phi) is 37.9. The topological polar surface area (TPSA) is 26.0 Å². The first-order valence-corrected chi connectivity index (χ1v) is 19.0. The third-order valence-electron chi connectivity index (χ3n) is 9.33. The molecular formula is C38H80BrN. The van der Waals surface area contributed by atoms with Gasteiger partial charge in [-0.1, -0.05) is 220 Å². The van der Waals surface area contributed by atoms with Crippen molar-refractivity contribution in [3.63, 3.8) is 0 Å². The lowest BCUT2D eigenvalue weighted by Crippen LogP contribution is -2.39. The molecule has 0 fully saturated rings. The standard InChI is InChI=1S/C38H79N.BrH/c1-4-7-10-13-16-19-22-25-28-31-34-37-38(39,35-32-29-26-23-20-17-14-11-8-5-2)36-33-30-27-24-21-18-15-12-9-6-3;/h4-37,39H2,1-3H3;1H. The molecule has 0 rings (SSSR count). The van der Waals surface area contributed by atoms with E-state index in [0.29, 0.717) is 0 Å². The molecule has 1 nitrogen and oxygen atoms in total. The van der Waals surface area contributed by atoms with E-state index in [1.807, 2.05) is 0 Å². The summed E-state index contributed by atoms with van der Waals surface area (Å²) in [4.78, 5) is 0. The van der Waals surface area contributed by atoms with Crippen LogP contribution in [0.1, 0.15) is 239 Å². The second-order valence-corrected chi connectivity index (χ2v) is 13.5. The first-order valence-electron chi connectivity index (χ1n) is 19.0. The predicted molar refractivity (Wildman–Crippen MR) is 191 cm³/mol. The molecule has 40 heavy (non-hydrogen) atoms. The summed E-state index contributed by atoms with van der Waals surface area (Å²) in [5.41, 5.74) is 7.26. The molecule has 0 bridgehead atoms. The summed E-state index contributed by atoms with van der Waals surface area (Å²) < 4.78 is 0. The summed E-state index contributed by atoms with van der Waals surface area (Å²) in [5.74, 6) is 0. The van der Waals surface area contributed by atoms with E-state index < -0.39 is 0 Å². The fourth-order valence-electron chi connectivity index (χ4n) is 6.45. The number of rotatable bonds is 34. The van der Waals surface area contributed by atoms with Gasteiger partial charge in [-0.2, -0.15) is 0 Å². The summed E-state index contributed by atoms with van der Waals surface area (Å²) in [6.45, 7) is 6.93. The molecule has 0 spiro atoms. The zero-order chi connectivity index (χ0) is 28.5. The zero-order valence-corrected chi connectivity index (χ0v) is 30.2. The number of halogens is 1. The van der Waals surface area contributed by atoms with Crippen LogP contribution in [0.2, 0.25) is 0 Å². The highest BCUT2D eigenvalue weighted by atomic mass is 79.9. The van der Waals surface area contributed by atoms with Gasteiger partial charge in [0.05, 0.1) is 0 Å². The molecule has 0 aliphatic carbocycles. The maximum absolute atomic E-state index is 7.14. The van der Waals surface area contributed by atoms with Crippen LogP contribution in [-0.4, -0.2) is 5.54 Å². The molecular weight excluding hydrogens is 550 g/mol. The molecule has 0 saturated heterocycles. The molecule has 2 heteroatoms. The van der Waals surface area contributed by atoms with Crippen molar-refractivity contribution in [3.05, 3.63) is 0 Å². The Labute approximate surface area is 266 Å². The molecule has 0 saturated carbocycles. The van der Waals surface area contributed by atoms with Crippen LogP contribution in [-0.2, 0) is 0 Å². The highest BCUT2D eigenvalue weighted by Crippen LogP contribution is 2.27. The Morgan fingerprint density at radius 3 is 0.600 bits per heavy atom. The van der Waals surface area contributed by atoms with Crippen molar-refractivity contribution in [1.82, 2.24) is 0 Å². The first-order chi connectivity index (χ1) is 19.2. The van der Waals surface area contributed by atoms with E-state index in [9.17, 15) is 0 Å². The van der Waals surface area contributed by atoms with E-state index in [4.69, 9.17) is 5.73 Å². The van der Waals surface area contributed by atoms with Crippen LogP contribution in [0.3, 0.4) is 0 Å². The highest BCUT2D eigenvalue weighted by Gasteiger charge is 2.23. The van der Waals surface area contributed by atoms with Crippen LogP contribution < -0.4 is 5.73 Å². The Morgan fingerprint density at radius 2 is 0.425 bits per heavy atom. The smallest absolute Gasteiger partial charge is 0.0154 e. The van der Waals surface area contributed by atoms with E-state index in [1.165, 1.54) is 218 Å². The lowest BCUT2D eigenvalue weighted by molar-refractivity contribution is 0.302. The Morgan fingerprint density at radius 1 is 0.275 bits per heavy atom. The molecule has 0 atom stereocenters. The van der Waals surface area contributed by atoms with Crippen molar-refractivity contribution in [2.45, 2.75) is 245 Å². The quantitative estimate of drug-likeness (QED) is 0.0703. The molecule has 0 aromatic rings. The molecule has 0 radical (unpaired) electrons. The fraction of sp³-hybridized carbons (Fsp3) is 1.00. The van der Waals surface area contributed by atoms with Gasteiger partial charge in [-0.15, -0.1) is 17.0 Å². The van der Waals surface area contributed by atoms with Gasteiger partial charge in [0.15, 0.2) is 0 Å². The van der Waals surface area contributed by atoms with Gasteiger partial charge in [-0.25, -0.2) is 0 Å². The molecule has 0 unspecified atom stereocenters. The third-order valence-corrected chi connectivity index (χ3v) is 9.33. The predicted octanol–water partition coefficient (Wildman–Crippen LogP) is 14.6. The summed E-state index contributed by atoms with van der Waals surface area (Å²) >= 11 is 0. The summed E-state index contributed by atoms with van der Waals surface area (Å²) in [7, 11) is 0. The Balaban J connectivity index is 0. The van der Waals surface area contributed by atoms with E-state index in [-0.39, 0.29) is 22.5 Å². The molecule has 0 heterocycles. The zero-order valence-electron chi connectivity index (χ0n) is 28.5. The van der Waals surface area contributed by atoms with Crippen LogP contribution in [0.5, 0.6) is 0 Å². The van der Waals surface area contributed by atoms with Crippen LogP contribution >= 0.6 is 17.0 Å². The van der Waals surface area contributed by atoms with Gasteiger partial charge in [-0.05, 0) is 19.3 Å².